The van der Waals surface area contributed by atoms with Gasteiger partial charge in [-0.3, -0.25) is 0 Å². The standard InChI is InChI=1S/C19H21N9O4S2/c1-28-14-4-2-3-13(17(14)24-27-28)12-5-6-15(34(31,32)26-11-7-8-21-9-11)18(33(20,29)30)16(12)19-22-10-23-25-19/h2-6,11,21,26H,7-10H2,1H3,(H2,20,29,30)/t11-/m0/s1. The van der Waals surface area contributed by atoms with Crippen molar-refractivity contribution >= 4 is 36.9 Å². The molecule has 0 aliphatic carbocycles. The van der Waals surface area contributed by atoms with Gasteiger partial charge < -0.3 is 5.32 Å². The molecular formula is C19H21N9O4S2. The van der Waals surface area contributed by atoms with E-state index in [1.807, 2.05) is 6.07 Å². The van der Waals surface area contributed by atoms with E-state index in [1.54, 1.807) is 23.9 Å². The van der Waals surface area contributed by atoms with Gasteiger partial charge in [0.2, 0.25) is 20.0 Å². The number of sulfonamides is 2. The van der Waals surface area contributed by atoms with E-state index in [2.05, 4.69) is 35.6 Å². The molecule has 178 valence electrons. The SMILES string of the molecule is Cn1nnc2c(-c3ccc(S(=O)(=O)N[C@H]4CCNC4)c(S(N)(=O)=O)c3C3=NCN=N3)cccc21. The van der Waals surface area contributed by atoms with Crippen LogP contribution in [-0.2, 0) is 27.1 Å². The molecule has 3 aromatic rings. The molecule has 13 nitrogen and oxygen atoms in total. The van der Waals surface area contributed by atoms with Crippen LogP contribution >= 0.6 is 0 Å². The van der Waals surface area contributed by atoms with E-state index >= 15 is 0 Å². The zero-order chi connectivity index (χ0) is 24.1. The van der Waals surface area contributed by atoms with Crippen molar-refractivity contribution in [1.29, 1.82) is 0 Å². The van der Waals surface area contributed by atoms with Crippen LogP contribution in [0.3, 0.4) is 0 Å². The summed E-state index contributed by atoms with van der Waals surface area (Å²) in [5.74, 6) is -0.0282. The van der Waals surface area contributed by atoms with Crippen molar-refractivity contribution in [1.82, 2.24) is 25.0 Å². The van der Waals surface area contributed by atoms with E-state index in [0.717, 1.165) is 0 Å². The van der Waals surface area contributed by atoms with E-state index in [1.165, 1.54) is 12.1 Å². The summed E-state index contributed by atoms with van der Waals surface area (Å²) in [4.78, 5) is 3.11. The maximum Gasteiger partial charge on any atom is 0.242 e. The molecule has 1 atom stereocenters. The number of amidine groups is 1. The smallest absolute Gasteiger partial charge is 0.242 e. The molecule has 2 aromatic carbocycles. The van der Waals surface area contributed by atoms with E-state index < -0.39 is 29.8 Å². The lowest BCUT2D eigenvalue weighted by molar-refractivity contribution is 0.555. The Balaban J connectivity index is 1.82. The lowest BCUT2D eigenvalue weighted by Gasteiger charge is -2.19. The minimum Gasteiger partial charge on any atom is -0.315 e. The summed E-state index contributed by atoms with van der Waals surface area (Å²) in [5.41, 5.74) is 2.01. The molecule has 34 heavy (non-hydrogen) atoms. The fourth-order valence-electron chi connectivity index (χ4n) is 4.17. The van der Waals surface area contributed by atoms with Crippen LogP contribution in [0.15, 0.2) is 55.3 Å². The van der Waals surface area contributed by atoms with Crippen molar-refractivity contribution in [2.45, 2.75) is 22.3 Å². The first-order valence-corrected chi connectivity index (χ1v) is 13.3. The lowest BCUT2D eigenvalue weighted by Crippen LogP contribution is -2.37. The second-order valence-electron chi connectivity index (χ2n) is 7.92. The second-order valence-corrected chi connectivity index (χ2v) is 11.1. The normalized spacial score (nSPS) is 18.6. The van der Waals surface area contributed by atoms with Gasteiger partial charge in [-0.15, -0.1) is 10.2 Å². The first-order valence-electron chi connectivity index (χ1n) is 10.3. The Morgan fingerprint density at radius 3 is 2.65 bits per heavy atom. The predicted molar refractivity (Wildman–Crippen MR) is 123 cm³/mol. The molecule has 1 saturated heterocycles. The Morgan fingerprint density at radius 2 is 1.97 bits per heavy atom. The quantitative estimate of drug-likeness (QED) is 0.425. The molecule has 15 heteroatoms. The van der Waals surface area contributed by atoms with Crippen molar-refractivity contribution in [2.24, 2.45) is 27.4 Å². The van der Waals surface area contributed by atoms with Gasteiger partial charge in [0.25, 0.3) is 0 Å². The Morgan fingerprint density at radius 1 is 1.15 bits per heavy atom. The summed E-state index contributed by atoms with van der Waals surface area (Å²) < 4.78 is 56.5. The molecule has 1 fully saturated rings. The van der Waals surface area contributed by atoms with E-state index in [-0.39, 0.29) is 24.1 Å². The summed E-state index contributed by atoms with van der Waals surface area (Å²) in [7, 11) is -7.08. The van der Waals surface area contributed by atoms with Crippen LogP contribution in [0.4, 0.5) is 0 Å². The van der Waals surface area contributed by atoms with Crippen molar-refractivity contribution in [3.63, 3.8) is 0 Å². The summed E-state index contributed by atoms with van der Waals surface area (Å²) in [6, 6.07) is 7.66. The fourth-order valence-corrected chi connectivity index (χ4v) is 7.05. The number of hydrogen-bond acceptors (Lipinski definition) is 10. The van der Waals surface area contributed by atoms with Crippen LogP contribution in [0.25, 0.3) is 22.2 Å². The number of aryl methyl sites for hydroxylation is 1. The summed E-state index contributed by atoms with van der Waals surface area (Å²) in [6.07, 6.45) is 0.574. The van der Waals surface area contributed by atoms with Crippen LogP contribution in [0, 0.1) is 0 Å². The first-order chi connectivity index (χ1) is 16.2. The largest absolute Gasteiger partial charge is 0.315 e. The lowest BCUT2D eigenvalue weighted by atomic mass is 9.97. The van der Waals surface area contributed by atoms with Crippen LogP contribution < -0.4 is 15.2 Å². The number of benzene rings is 2. The number of nitrogens with two attached hydrogens (primary N) is 1. The third kappa shape index (κ3) is 3.90. The van der Waals surface area contributed by atoms with Crippen LogP contribution in [-0.4, -0.2) is 63.5 Å². The van der Waals surface area contributed by atoms with Gasteiger partial charge in [-0.25, -0.2) is 36.4 Å². The van der Waals surface area contributed by atoms with Crippen molar-refractivity contribution in [3.05, 3.63) is 35.9 Å². The molecule has 0 spiro atoms. The zero-order valence-electron chi connectivity index (χ0n) is 18.0. The third-order valence-electron chi connectivity index (χ3n) is 5.68. The summed E-state index contributed by atoms with van der Waals surface area (Å²) in [6.45, 7) is 1.07. The van der Waals surface area contributed by atoms with E-state index in [0.29, 0.717) is 41.7 Å². The number of fused-ring (bicyclic) bond motifs is 1. The number of primary sulfonamides is 1. The summed E-state index contributed by atoms with van der Waals surface area (Å²) >= 11 is 0. The molecule has 0 bridgehead atoms. The minimum atomic E-state index is -4.56. The molecule has 0 radical (unpaired) electrons. The van der Waals surface area contributed by atoms with Crippen LogP contribution in [0.1, 0.15) is 12.0 Å². The number of aromatic nitrogens is 3. The summed E-state index contributed by atoms with van der Waals surface area (Å²) in [5, 5.41) is 24.7. The predicted octanol–water partition coefficient (Wildman–Crippen LogP) is 0.0928. The van der Waals surface area contributed by atoms with Gasteiger partial charge >= 0.3 is 0 Å². The number of aliphatic imine (C=N–C) groups is 1. The third-order valence-corrected chi connectivity index (χ3v) is 8.37. The average molecular weight is 504 g/mol. The molecule has 0 amide bonds. The zero-order valence-corrected chi connectivity index (χ0v) is 19.6. The molecular weight excluding hydrogens is 482 g/mol. The number of hydrogen-bond donors (Lipinski definition) is 3. The highest BCUT2D eigenvalue weighted by Crippen LogP contribution is 2.37. The fraction of sp³-hybridized carbons (Fsp3) is 0.316. The van der Waals surface area contributed by atoms with Gasteiger partial charge in [0.15, 0.2) is 12.5 Å². The molecule has 0 saturated carbocycles. The van der Waals surface area contributed by atoms with Gasteiger partial charge in [-0.1, -0.05) is 23.4 Å². The van der Waals surface area contributed by atoms with E-state index in [9.17, 15) is 16.8 Å². The Kier molecular flexibility index (Phi) is 5.52. The van der Waals surface area contributed by atoms with Gasteiger partial charge in [0.1, 0.15) is 15.3 Å². The van der Waals surface area contributed by atoms with Crippen molar-refractivity contribution in [3.8, 4) is 11.1 Å². The number of nitrogens with one attached hydrogen (secondary N) is 2. The average Bonchev–Trinajstić information content (AvgIpc) is 3.55. The topological polar surface area (TPSA) is 186 Å². The van der Waals surface area contributed by atoms with Gasteiger partial charge in [-0.05, 0) is 30.7 Å². The monoisotopic (exact) mass is 503 g/mol. The van der Waals surface area contributed by atoms with Crippen LogP contribution in [0.2, 0.25) is 0 Å². The number of nitrogens with zero attached hydrogens (tertiary/aromatic N) is 6. The molecule has 2 aliphatic heterocycles. The van der Waals surface area contributed by atoms with E-state index in [4.69, 9.17) is 5.14 Å². The van der Waals surface area contributed by atoms with Gasteiger partial charge in [0.05, 0.1) is 11.1 Å². The highest BCUT2D eigenvalue weighted by molar-refractivity contribution is 7.92. The molecule has 2 aliphatic rings. The van der Waals surface area contributed by atoms with Crippen LogP contribution in [0.5, 0.6) is 0 Å². The molecule has 3 heterocycles. The maximum atomic E-state index is 13.3. The molecule has 4 N–H and O–H groups in total. The van der Waals surface area contributed by atoms with Gasteiger partial charge in [-0.2, -0.15) is 5.11 Å². The van der Waals surface area contributed by atoms with Crippen molar-refractivity contribution in [2.75, 3.05) is 19.8 Å². The minimum absolute atomic E-state index is 0.0167. The Bertz CT molecular complexity index is 1570. The number of azo groups is 1. The highest BCUT2D eigenvalue weighted by Gasteiger charge is 2.34. The van der Waals surface area contributed by atoms with Gasteiger partial charge in [0, 0.05) is 25.2 Å². The molecule has 5 rings (SSSR count). The first kappa shape index (κ1) is 22.7. The Labute approximate surface area is 195 Å². The highest BCUT2D eigenvalue weighted by atomic mass is 32.2. The molecule has 0 unspecified atom stereocenters. The second kappa shape index (κ2) is 8.28. The Hall–Kier alpha value is -3.11. The van der Waals surface area contributed by atoms with Crippen molar-refractivity contribution < 1.29 is 16.8 Å². The number of rotatable bonds is 6. The maximum absolute atomic E-state index is 13.3. The molecule has 1 aromatic heterocycles.